The van der Waals surface area contributed by atoms with Crippen LogP contribution in [0.2, 0.25) is 0 Å². The Hall–Kier alpha value is -1.10. The third kappa shape index (κ3) is 4.34. The summed E-state index contributed by atoms with van der Waals surface area (Å²) in [4.78, 5) is 0. The number of halogens is 4. The molecule has 96 valence electrons. The Balaban J connectivity index is 2.84. The summed E-state index contributed by atoms with van der Waals surface area (Å²) in [5.74, 6) is -0.863. The van der Waals surface area contributed by atoms with Gasteiger partial charge in [-0.1, -0.05) is 19.9 Å². The van der Waals surface area contributed by atoms with E-state index >= 15 is 0 Å². The minimum absolute atomic E-state index is 0.118. The lowest BCUT2D eigenvalue weighted by Gasteiger charge is -2.14. The summed E-state index contributed by atoms with van der Waals surface area (Å²) in [6, 6.07) is 3.01. The molecule has 0 aliphatic rings. The second kappa shape index (κ2) is 5.49. The summed E-state index contributed by atoms with van der Waals surface area (Å²) in [5, 5.41) is 3.03. The van der Waals surface area contributed by atoms with Crippen LogP contribution in [0.15, 0.2) is 18.2 Å². The van der Waals surface area contributed by atoms with Crippen molar-refractivity contribution in [3.63, 3.8) is 0 Å². The van der Waals surface area contributed by atoms with Crippen LogP contribution in [-0.2, 0) is 12.6 Å². The van der Waals surface area contributed by atoms with Crippen molar-refractivity contribution in [1.82, 2.24) is 5.32 Å². The number of hydrogen-bond acceptors (Lipinski definition) is 1. The second-order valence-electron chi connectivity index (χ2n) is 4.16. The van der Waals surface area contributed by atoms with Crippen molar-refractivity contribution >= 4 is 0 Å². The van der Waals surface area contributed by atoms with Gasteiger partial charge in [-0.2, -0.15) is 13.2 Å². The number of nitrogens with one attached hydrogen (secondary N) is 1. The molecule has 1 aromatic carbocycles. The average molecular weight is 249 g/mol. The van der Waals surface area contributed by atoms with Gasteiger partial charge in [0.15, 0.2) is 0 Å². The molecule has 0 radical (unpaired) electrons. The van der Waals surface area contributed by atoms with Crippen LogP contribution in [0.3, 0.4) is 0 Å². The lowest BCUT2D eigenvalue weighted by atomic mass is 10.0. The Morgan fingerprint density at radius 3 is 2.41 bits per heavy atom. The number of alkyl halides is 3. The topological polar surface area (TPSA) is 12.0 Å². The Labute approximate surface area is 97.8 Å². The van der Waals surface area contributed by atoms with E-state index in [1.165, 1.54) is 6.07 Å². The first-order valence-corrected chi connectivity index (χ1v) is 5.39. The van der Waals surface area contributed by atoms with E-state index in [1.54, 1.807) is 0 Å². The third-order valence-electron chi connectivity index (χ3n) is 2.32. The van der Waals surface area contributed by atoms with E-state index in [-0.39, 0.29) is 18.0 Å². The molecule has 0 fully saturated rings. The molecule has 0 aliphatic carbocycles. The molecular weight excluding hydrogens is 234 g/mol. The van der Waals surface area contributed by atoms with E-state index in [9.17, 15) is 17.6 Å². The molecule has 1 rings (SSSR count). The molecule has 0 aromatic heterocycles. The molecule has 0 heterocycles. The number of hydrogen-bond donors (Lipinski definition) is 1. The zero-order valence-electron chi connectivity index (χ0n) is 9.74. The highest BCUT2D eigenvalue weighted by molar-refractivity contribution is 5.30. The lowest BCUT2D eigenvalue weighted by molar-refractivity contribution is -0.138. The SMILES string of the molecule is CC(C)NCCc1ccc(F)cc1C(F)(F)F. The molecule has 0 aliphatic heterocycles. The minimum Gasteiger partial charge on any atom is -0.314 e. The predicted octanol–water partition coefficient (Wildman–Crippen LogP) is 3.39. The van der Waals surface area contributed by atoms with Crippen LogP contribution in [0.1, 0.15) is 25.0 Å². The zero-order valence-corrected chi connectivity index (χ0v) is 9.74. The second-order valence-corrected chi connectivity index (χ2v) is 4.16. The van der Waals surface area contributed by atoms with Crippen molar-refractivity contribution < 1.29 is 17.6 Å². The van der Waals surface area contributed by atoms with E-state index in [2.05, 4.69) is 5.32 Å². The molecule has 0 saturated heterocycles. The summed E-state index contributed by atoms with van der Waals surface area (Å²) in [7, 11) is 0. The molecule has 5 heteroatoms. The fraction of sp³-hybridized carbons (Fsp3) is 0.500. The summed E-state index contributed by atoms with van der Waals surface area (Å²) in [6.07, 6.45) is -4.28. The highest BCUT2D eigenvalue weighted by Gasteiger charge is 2.33. The van der Waals surface area contributed by atoms with E-state index in [1.807, 2.05) is 13.8 Å². The third-order valence-corrected chi connectivity index (χ3v) is 2.32. The first-order chi connectivity index (χ1) is 7.80. The highest BCUT2D eigenvalue weighted by Crippen LogP contribution is 2.32. The van der Waals surface area contributed by atoms with Gasteiger partial charge in [0.2, 0.25) is 0 Å². The molecule has 0 saturated carbocycles. The maximum absolute atomic E-state index is 12.8. The van der Waals surface area contributed by atoms with Gasteiger partial charge in [-0.15, -0.1) is 0 Å². The monoisotopic (exact) mass is 249 g/mol. The molecule has 0 amide bonds. The van der Waals surface area contributed by atoms with Gasteiger partial charge >= 0.3 is 6.18 Å². The van der Waals surface area contributed by atoms with Crippen molar-refractivity contribution in [1.29, 1.82) is 0 Å². The van der Waals surface area contributed by atoms with Crippen LogP contribution in [0.4, 0.5) is 17.6 Å². The Morgan fingerprint density at radius 1 is 1.24 bits per heavy atom. The average Bonchev–Trinajstić information content (AvgIpc) is 2.18. The van der Waals surface area contributed by atoms with Crippen LogP contribution in [0, 0.1) is 5.82 Å². The smallest absolute Gasteiger partial charge is 0.314 e. The predicted molar refractivity (Wildman–Crippen MR) is 58.2 cm³/mol. The van der Waals surface area contributed by atoms with Gasteiger partial charge < -0.3 is 5.32 Å². The van der Waals surface area contributed by atoms with Crippen LogP contribution < -0.4 is 5.32 Å². The van der Waals surface area contributed by atoms with E-state index < -0.39 is 17.6 Å². The van der Waals surface area contributed by atoms with Gasteiger partial charge in [0.05, 0.1) is 5.56 Å². The standard InChI is InChI=1S/C12H15F4N/c1-8(2)17-6-5-9-3-4-10(13)7-11(9)12(14,15)16/h3-4,7-8,17H,5-6H2,1-2H3. The van der Waals surface area contributed by atoms with E-state index in [0.29, 0.717) is 12.6 Å². The van der Waals surface area contributed by atoms with Gasteiger partial charge in [0.25, 0.3) is 0 Å². The van der Waals surface area contributed by atoms with Gasteiger partial charge in [-0.3, -0.25) is 0 Å². The van der Waals surface area contributed by atoms with Crippen molar-refractivity contribution in [2.75, 3.05) is 6.54 Å². The van der Waals surface area contributed by atoms with Crippen LogP contribution >= 0.6 is 0 Å². The minimum atomic E-state index is -4.50. The lowest BCUT2D eigenvalue weighted by Crippen LogP contribution is -2.25. The summed E-state index contributed by atoms with van der Waals surface area (Å²) >= 11 is 0. The van der Waals surface area contributed by atoms with Gasteiger partial charge in [0.1, 0.15) is 5.82 Å². The molecule has 1 N–H and O–H groups in total. The fourth-order valence-corrected chi connectivity index (χ4v) is 1.53. The van der Waals surface area contributed by atoms with Crippen molar-refractivity contribution in [2.45, 2.75) is 32.5 Å². The highest BCUT2D eigenvalue weighted by atomic mass is 19.4. The first-order valence-electron chi connectivity index (χ1n) is 5.39. The van der Waals surface area contributed by atoms with Crippen LogP contribution in [0.25, 0.3) is 0 Å². The first kappa shape index (κ1) is 14.0. The maximum Gasteiger partial charge on any atom is 0.416 e. The fourth-order valence-electron chi connectivity index (χ4n) is 1.53. The molecule has 0 atom stereocenters. The molecule has 0 spiro atoms. The molecular formula is C12H15F4N. The largest absolute Gasteiger partial charge is 0.416 e. The molecule has 0 unspecified atom stereocenters. The number of rotatable bonds is 4. The summed E-state index contributed by atoms with van der Waals surface area (Å²) in [6.45, 7) is 4.26. The van der Waals surface area contributed by atoms with Crippen LogP contribution in [0.5, 0.6) is 0 Å². The van der Waals surface area contributed by atoms with Crippen molar-refractivity contribution in [3.8, 4) is 0 Å². The van der Waals surface area contributed by atoms with Gasteiger partial charge in [-0.25, -0.2) is 4.39 Å². The molecule has 17 heavy (non-hydrogen) atoms. The van der Waals surface area contributed by atoms with Gasteiger partial charge in [0, 0.05) is 6.04 Å². The normalized spacial score (nSPS) is 12.2. The summed E-state index contributed by atoms with van der Waals surface area (Å²) < 4.78 is 50.7. The van der Waals surface area contributed by atoms with E-state index in [0.717, 1.165) is 6.07 Å². The molecule has 1 aromatic rings. The Bertz CT molecular complexity index is 371. The van der Waals surface area contributed by atoms with Crippen molar-refractivity contribution in [3.05, 3.63) is 35.1 Å². The molecule has 0 bridgehead atoms. The van der Waals surface area contributed by atoms with Crippen LogP contribution in [-0.4, -0.2) is 12.6 Å². The van der Waals surface area contributed by atoms with E-state index in [4.69, 9.17) is 0 Å². The number of benzene rings is 1. The Morgan fingerprint density at radius 2 is 1.88 bits per heavy atom. The van der Waals surface area contributed by atoms with Gasteiger partial charge in [-0.05, 0) is 30.7 Å². The van der Waals surface area contributed by atoms with Crippen molar-refractivity contribution in [2.24, 2.45) is 0 Å². The quantitative estimate of drug-likeness (QED) is 0.806. The molecule has 1 nitrogen and oxygen atoms in total. The Kier molecular flexibility index (Phi) is 4.51. The summed E-state index contributed by atoms with van der Waals surface area (Å²) in [5.41, 5.74) is -0.768. The maximum atomic E-state index is 12.8. The zero-order chi connectivity index (χ0) is 13.1.